The van der Waals surface area contributed by atoms with Crippen molar-refractivity contribution < 1.29 is 4.79 Å². The van der Waals surface area contributed by atoms with Crippen LogP contribution in [0.3, 0.4) is 0 Å². The SMILES string of the molecule is CN=C(NCCNC(=O)c1ccccc1)NCC1CCCN1Cc1ccccc1.I. The van der Waals surface area contributed by atoms with Gasteiger partial charge in [0.2, 0.25) is 0 Å². The molecule has 0 aromatic heterocycles. The zero-order valence-corrected chi connectivity index (χ0v) is 19.8. The molecule has 1 saturated heterocycles. The molecule has 3 rings (SSSR count). The highest BCUT2D eigenvalue weighted by molar-refractivity contribution is 14.0. The number of hydrogen-bond donors (Lipinski definition) is 3. The Morgan fingerprint density at radius 3 is 2.37 bits per heavy atom. The Labute approximate surface area is 196 Å². The third kappa shape index (κ3) is 7.60. The monoisotopic (exact) mass is 521 g/mol. The number of carbonyl (C=O) groups is 1. The van der Waals surface area contributed by atoms with Crippen molar-refractivity contribution in [1.82, 2.24) is 20.9 Å². The number of aliphatic imine (C=N–C) groups is 1. The Balaban J connectivity index is 0.00000320. The summed E-state index contributed by atoms with van der Waals surface area (Å²) < 4.78 is 0. The topological polar surface area (TPSA) is 68.8 Å². The van der Waals surface area contributed by atoms with Gasteiger partial charge in [0.05, 0.1) is 0 Å². The number of carbonyl (C=O) groups excluding carboxylic acids is 1. The first-order valence-electron chi connectivity index (χ1n) is 10.3. The highest BCUT2D eigenvalue weighted by Crippen LogP contribution is 2.19. The molecule has 2 aromatic carbocycles. The molecule has 0 bridgehead atoms. The number of guanidine groups is 1. The molecule has 162 valence electrons. The molecule has 1 aliphatic rings. The van der Waals surface area contributed by atoms with E-state index in [9.17, 15) is 4.79 Å². The summed E-state index contributed by atoms with van der Waals surface area (Å²) in [5.74, 6) is 0.711. The molecule has 1 unspecified atom stereocenters. The lowest BCUT2D eigenvalue weighted by atomic mass is 10.2. The summed E-state index contributed by atoms with van der Waals surface area (Å²) >= 11 is 0. The molecular weight excluding hydrogens is 489 g/mol. The largest absolute Gasteiger partial charge is 0.355 e. The maximum Gasteiger partial charge on any atom is 0.251 e. The summed E-state index contributed by atoms with van der Waals surface area (Å²) in [4.78, 5) is 18.9. The molecule has 1 aliphatic heterocycles. The lowest BCUT2D eigenvalue weighted by Gasteiger charge is -2.25. The first-order valence-corrected chi connectivity index (χ1v) is 10.3. The van der Waals surface area contributed by atoms with E-state index in [0.717, 1.165) is 25.6 Å². The Kier molecular flexibility index (Phi) is 10.6. The van der Waals surface area contributed by atoms with Crippen molar-refractivity contribution in [1.29, 1.82) is 0 Å². The summed E-state index contributed by atoms with van der Waals surface area (Å²) in [6.45, 7) is 4.15. The van der Waals surface area contributed by atoms with E-state index < -0.39 is 0 Å². The minimum Gasteiger partial charge on any atom is -0.355 e. The van der Waals surface area contributed by atoms with Crippen molar-refractivity contribution in [3.05, 3.63) is 71.8 Å². The standard InChI is InChI=1S/C23H31N5O.HI/c1-24-23(26-15-14-25-22(29)20-11-6-3-7-12-20)27-17-21-13-8-16-28(21)18-19-9-4-2-5-10-19;/h2-7,9-12,21H,8,13-18H2,1H3,(H,25,29)(H2,24,26,27);1H. The van der Waals surface area contributed by atoms with E-state index in [0.29, 0.717) is 24.7 Å². The van der Waals surface area contributed by atoms with Crippen molar-refractivity contribution in [2.45, 2.75) is 25.4 Å². The number of rotatable bonds is 8. The Morgan fingerprint density at radius 1 is 1.00 bits per heavy atom. The van der Waals surface area contributed by atoms with Gasteiger partial charge in [0.15, 0.2) is 5.96 Å². The zero-order chi connectivity index (χ0) is 20.3. The van der Waals surface area contributed by atoms with Crippen LogP contribution in [-0.2, 0) is 6.54 Å². The zero-order valence-electron chi connectivity index (χ0n) is 17.5. The molecule has 1 fully saturated rings. The highest BCUT2D eigenvalue weighted by atomic mass is 127. The van der Waals surface area contributed by atoms with Gasteiger partial charge in [0, 0.05) is 44.8 Å². The molecule has 6 nitrogen and oxygen atoms in total. The van der Waals surface area contributed by atoms with E-state index in [1.807, 2.05) is 30.3 Å². The van der Waals surface area contributed by atoms with Gasteiger partial charge in [0.1, 0.15) is 0 Å². The van der Waals surface area contributed by atoms with E-state index in [2.05, 4.69) is 56.2 Å². The number of halogens is 1. The molecule has 7 heteroatoms. The Morgan fingerprint density at radius 2 is 1.67 bits per heavy atom. The molecule has 3 N–H and O–H groups in total. The van der Waals surface area contributed by atoms with Gasteiger partial charge >= 0.3 is 0 Å². The predicted molar refractivity (Wildman–Crippen MR) is 133 cm³/mol. The average molecular weight is 521 g/mol. The number of hydrogen-bond acceptors (Lipinski definition) is 3. The van der Waals surface area contributed by atoms with E-state index >= 15 is 0 Å². The van der Waals surface area contributed by atoms with Crippen LogP contribution in [0.15, 0.2) is 65.7 Å². The summed E-state index contributed by atoms with van der Waals surface area (Å²) in [5.41, 5.74) is 2.03. The highest BCUT2D eigenvalue weighted by Gasteiger charge is 2.24. The first-order chi connectivity index (χ1) is 14.3. The second-order valence-corrected chi connectivity index (χ2v) is 7.25. The van der Waals surface area contributed by atoms with Crippen LogP contribution >= 0.6 is 24.0 Å². The van der Waals surface area contributed by atoms with E-state index in [1.165, 1.54) is 18.4 Å². The normalized spacial score (nSPS) is 16.6. The molecule has 1 amide bonds. The fourth-order valence-corrected chi connectivity index (χ4v) is 3.64. The maximum absolute atomic E-state index is 12.1. The van der Waals surface area contributed by atoms with Gasteiger partial charge in [-0.25, -0.2) is 0 Å². The molecule has 2 aromatic rings. The fourth-order valence-electron chi connectivity index (χ4n) is 3.64. The molecule has 1 heterocycles. The van der Waals surface area contributed by atoms with Crippen molar-refractivity contribution in [2.24, 2.45) is 4.99 Å². The molecule has 0 saturated carbocycles. The number of nitrogens with one attached hydrogen (secondary N) is 3. The molecular formula is C23H32IN5O. The van der Waals surface area contributed by atoms with Crippen molar-refractivity contribution >= 4 is 35.8 Å². The molecule has 1 atom stereocenters. The molecule has 0 aliphatic carbocycles. The summed E-state index contributed by atoms with van der Waals surface area (Å²) in [6.07, 6.45) is 2.43. The lowest BCUT2D eigenvalue weighted by Crippen LogP contribution is -2.46. The second-order valence-electron chi connectivity index (χ2n) is 7.25. The van der Waals surface area contributed by atoms with Gasteiger partial charge in [-0.2, -0.15) is 0 Å². The Hall–Kier alpha value is -2.13. The van der Waals surface area contributed by atoms with Crippen molar-refractivity contribution in [3.63, 3.8) is 0 Å². The average Bonchev–Trinajstić information content (AvgIpc) is 3.21. The predicted octanol–water partition coefficient (Wildman–Crippen LogP) is 2.86. The van der Waals surface area contributed by atoms with Gasteiger partial charge in [0.25, 0.3) is 5.91 Å². The van der Waals surface area contributed by atoms with Crippen LogP contribution in [0.2, 0.25) is 0 Å². The van der Waals surface area contributed by atoms with E-state index in [4.69, 9.17) is 0 Å². The quantitative estimate of drug-likeness (QED) is 0.216. The number of amides is 1. The fraction of sp³-hybridized carbons (Fsp3) is 0.391. The van der Waals surface area contributed by atoms with E-state index in [-0.39, 0.29) is 29.9 Å². The van der Waals surface area contributed by atoms with Gasteiger partial charge in [-0.1, -0.05) is 48.5 Å². The van der Waals surface area contributed by atoms with Crippen LogP contribution in [0, 0.1) is 0 Å². The molecule has 30 heavy (non-hydrogen) atoms. The van der Waals surface area contributed by atoms with Crippen LogP contribution in [-0.4, -0.2) is 56.0 Å². The Bertz CT molecular complexity index is 785. The third-order valence-electron chi connectivity index (χ3n) is 5.20. The van der Waals surface area contributed by atoms with E-state index in [1.54, 1.807) is 7.05 Å². The third-order valence-corrected chi connectivity index (χ3v) is 5.20. The maximum atomic E-state index is 12.1. The number of likely N-dealkylation sites (tertiary alicyclic amines) is 1. The van der Waals surface area contributed by atoms with Gasteiger partial charge in [-0.3, -0.25) is 14.7 Å². The smallest absolute Gasteiger partial charge is 0.251 e. The molecule has 0 radical (unpaired) electrons. The van der Waals surface area contributed by atoms with Crippen LogP contribution < -0.4 is 16.0 Å². The van der Waals surface area contributed by atoms with Crippen LogP contribution in [0.4, 0.5) is 0 Å². The number of nitrogens with zero attached hydrogens (tertiary/aromatic N) is 2. The van der Waals surface area contributed by atoms with Crippen LogP contribution in [0.5, 0.6) is 0 Å². The number of benzene rings is 2. The van der Waals surface area contributed by atoms with Gasteiger partial charge in [-0.05, 0) is 37.1 Å². The van der Waals surface area contributed by atoms with Crippen LogP contribution in [0.1, 0.15) is 28.8 Å². The summed E-state index contributed by atoms with van der Waals surface area (Å²) in [7, 11) is 1.77. The van der Waals surface area contributed by atoms with Gasteiger partial charge < -0.3 is 16.0 Å². The van der Waals surface area contributed by atoms with Crippen molar-refractivity contribution in [3.8, 4) is 0 Å². The molecule has 0 spiro atoms. The first kappa shape index (κ1) is 24.1. The second kappa shape index (κ2) is 13.2. The minimum atomic E-state index is -0.0575. The van der Waals surface area contributed by atoms with Crippen LogP contribution in [0.25, 0.3) is 0 Å². The van der Waals surface area contributed by atoms with Crippen molar-refractivity contribution in [2.75, 3.05) is 33.2 Å². The summed E-state index contributed by atoms with van der Waals surface area (Å²) in [6, 6.07) is 20.4. The minimum absolute atomic E-state index is 0. The van der Waals surface area contributed by atoms with Gasteiger partial charge in [-0.15, -0.1) is 24.0 Å². The lowest BCUT2D eigenvalue weighted by molar-refractivity contribution is 0.0954. The summed E-state index contributed by atoms with van der Waals surface area (Å²) in [5, 5.41) is 9.62.